The Labute approximate surface area is 127 Å². The maximum Gasteiger partial charge on any atom is 0.350 e. The Bertz CT molecular complexity index is 679. The van der Waals surface area contributed by atoms with Crippen LogP contribution in [-0.2, 0) is 9.53 Å². The van der Waals surface area contributed by atoms with Crippen molar-refractivity contribution in [2.75, 3.05) is 11.9 Å². The maximum atomic E-state index is 11.9. The van der Waals surface area contributed by atoms with E-state index in [1.807, 2.05) is 32.0 Å². The third kappa shape index (κ3) is 3.88. The van der Waals surface area contributed by atoms with Crippen LogP contribution in [0.15, 0.2) is 24.3 Å². The van der Waals surface area contributed by atoms with Crippen LogP contribution >= 0.6 is 11.3 Å². The molecule has 110 valence electrons. The summed E-state index contributed by atoms with van der Waals surface area (Å²) < 4.78 is 5.02. The summed E-state index contributed by atoms with van der Waals surface area (Å²) in [6, 6.07) is 7.41. The molecule has 0 saturated carbocycles. The van der Waals surface area contributed by atoms with Gasteiger partial charge in [-0.2, -0.15) is 0 Å². The number of anilines is 1. The molecule has 0 aliphatic heterocycles. The van der Waals surface area contributed by atoms with E-state index < -0.39 is 5.97 Å². The van der Waals surface area contributed by atoms with Crippen molar-refractivity contribution >= 4 is 28.9 Å². The lowest BCUT2D eigenvalue weighted by Crippen LogP contribution is -2.21. The number of amides is 1. The van der Waals surface area contributed by atoms with Gasteiger partial charge in [-0.15, -0.1) is 11.3 Å². The molecule has 1 aromatic carbocycles. The molecule has 0 saturated heterocycles. The molecule has 0 fully saturated rings. The highest BCUT2D eigenvalue weighted by Gasteiger charge is 2.16. The predicted octanol–water partition coefficient (Wildman–Crippen LogP) is 2.86. The molecule has 0 bridgehead atoms. The largest absolute Gasteiger partial charge is 0.451 e. The number of ether oxygens (including phenoxy) is 1. The molecule has 1 aromatic heterocycles. The highest BCUT2D eigenvalue weighted by Crippen LogP contribution is 2.18. The quantitative estimate of drug-likeness (QED) is 0.882. The van der Waals surface area contributed by atoms with Gasteiger partial charge in [0.05, 0.1) is 10.7 Å². The standard InChI is InChI=1S/C15H16N2O3S/c1-9-6-4-5-7-12(9)17-13(18)8-20-15(19)14-10(2)16-11(3)21-14/h4-7H,8H2,1-3H3,(H,17,18). The van der Waals surface area contributed by atoms with Gasteiger partial charge in [0.15, 0.2) is 6.61 Å². The number of nitrogens with zero attached hydrogens (tertiary/aromatic N) is 1. The first-order valence-corrected chi connectivity index (χ1v) is 7.25. The molecule has 1 N–H and O–H groups in total. The highest BCUT2D eigenvalue weighted by molar-refractivity contribution is 7.13. The van der Waals surface area contributed by atoms with E-state index in [-0.39, 0.29) is 12.5 Å². The molecule has 5 nitrogen and oxygen atoms in total. The number of thiazole rings is 1. The smallest absolute Gasteiger partial charge is 0.350 e. The first kappa shape index (κ1) is 15.2. The molecule has 0 aliphatic carbocycles. The molecule has 1 amide bonds. The van der Waals surface area contributed by atoms with Gasteiger partial charge in [0.25, 0.3) is 5.91 Å². The van der Waals surface area contributed by atoms with Gasteiger partial charge in [0.2, 0.25) is 0 Å². The van der Waals surface area contributed by atoms with Crippen molar-refractivity contribution in [1.29, 1.82) is 0 Å². The van der Waals surface area contributed by atoms with E-state index in [0.29, 0.717) is 16.3 Å². The minimum absolute atomic E-state index is 0.316. The fourth-order valence-corrected chi connectivity index (χ4v) is 2.63. The van der Waals surface area contributed by atoms with Crippen molar-refractivity contribution in [2.24, 2.45) is 0 Å². The van der Waals surface area contributed by atoms with Gasteiger partial charge < -0.3 is 10.1 Å². The van der Waals surface area contributed by atoms with Gasteiger partial charge >= 0.3 is 5.97 Å². The number of aryl methyl sites for hydroxylation is 3. The summed E-state index contributed by atoms with van der Waals surface area (Å²) in [4.78, 5) is 28.3. The SMILES string of the molecule is Cc1nc(C)c(C(=O)OCC(=O)Nc2ccccc2C)s1. The van der Waals surface area contributed by atoms with Gasteiger partial charge in [0, 0.05) is 5.69 Å². The van der Waals surface area contributed by atoms with Crippen LogP contribution in [0.25, 0.3) is 0 Å². The molecular weight excluding hydrogens is 288 g/mol. The number of esters is 1. The van der Waals surface area contributed by atoms with Crippen LogP contribution in [0, 0.1) is 20.8 Å². The number of benzene rings is 1. The molecule has 0 atom stereocenters. The van der Waals surface area contributed by atoms with Gasteiger partial charge in [-0.05, 0) is 32.4 Å². The lowest BCUT2D eigenvalue weighted by atomic mass is 10.2. The lowest BCUT2D eigenvalue weighted by Gasteiger charge is -2.08. The zero-order valence-electron chi connectivity index (χ0n) is 12.1. The average Bonchev–Trinajstić information content (AvgIpc) is 2.78. The number of carbonyl (C=O) groups excluding carboxylic acids is 2. The van der Waals surface area contributed by atoms with E-state index in [1.165, 1.54) is 11.3 Å². The van der Waals surface area contributed by atoms with Crippen LogP contribution in [0.1, 0.15) is 25.9 Å². The summed E-state index contributed by atoms with van der Waals surface area (Å²) in [5.41, 5.74) is 2.29. The first-order valence-electron chi connectivity index (χ1n) is 6.44. The Morgan fingerprint density at radius 2 is 1.95 bits per heavy atom. The summed E-state index contributed by atoms with van der Waals surface area (Å²) in [7, 11) is 0. The normalized spacial score (nSPS) is 10.2. The Morgan fingerprint density at radius 1 is 1.24 bits per heavy atom. The van der Waals surface area contributed by atoms with Crippen LogP contribution < -0.4 is 5.32 Å². The van der Waals surface area contributed by atoms with Crippen molar-refractivity contribution in [2.45, 2.75) is 20.8 Å². The molecular formula is C15H16N2O3S. The second kappa shape index (κ2) is 6.49. The maximum absolute atomic E-state index is 11.9. The number of aromatic nitrogens is 1. The van der Waals surface area contributed by atoms with E-state index in [2.05, 4.69) is 10.3 Å². The second-order valence-electron chi connectivity index (χ2n) is 4.59. The van der Waals surface area contributed by atoms with Crippen LogP contribution in [0.3, 0.4) is 0 Å². The van der Waals surface area contributed by atoms with Crippen LogP contribution in [0.5, 0.6) is 0 Å². The first-order chi connectivity index (χ1) is 9.97. The number of hydrogen-bond acceptors (Lipinski definition) is 5. The summed E-state index contributed by atoms with van der Waals surface area (Å²) in [6.07, 6.45) is 0. The third-order valence-electron chi connectivity index (χ3n) is 2.84. The van der Waals surface area contributed by atoms with E-state index in [9.17, 15) is 9.59 Å². The zero-order valence-corrected chi connectivity index (χ0v) is 12.9. The van der Waals surface area contributed by atoms with E-state index in [4.69, 9.17) is 4.74 Å². The molecule has 1 heterocycles. The second-order valence-corrected chi connectivity index (χ2v) is 5.79. The fourth-order valence-electron chi connectivity index (χ4n) is 1.82. The van der Waals surface area contributed by atoms with Crippen molar-refractivity contribution in [3.8, 4) is 0 Å². The van der Waals surface area contributed by atoms with E-state index in [1.54, 1.807) is 13.0 Å². The molecule has 21 heavy (non-hydrogen) atoms. The van der Waals surface area contributed by atoms with Crippen molar-refractivity contribution in [1.82, 2.24) is 4.98 Å². The number of nitrogens with one attached hydrogen (secondary N) is 1. The van der Waals surface area contributed by atoms with E-state index >= 15 is 0 Å². The molecule has 0 unspecified atom stereocenters. The number of rotatable bonds is 4. The Hall–Kier alpha value is -2.21. The molecule has 6 heteroatoms. The van der Waals surface area contributed by atoms with Crippen LogP contribution in [0.2, 0.25) is 0 Å². The monoisotopic (exact) mass is 304 g/mol. The van der Waals surface area contributed by atoms with E-state index in [0.717, 1.165) is 10.6 Å². The van der Waals surface area contributed by atoms with Crippen LogP contribution in [0.4, 0.5) is 5.69 Å². The van der Waals surface area contributed by atoms with Gasteiger partial charge in [-0.3, -0.25) is 4.79 Å². The predicted molar refractivity (Wildman–Crippen MR) is 81.7 cm³/mol. The van der Waals surface area contributed by atoms with Crippen LogP contribution in [-0.4, -0.2) is 23.5 Å². The summed E-state index contributed by atoms with van der Waals surface area (Å²) >= 11 is 1.26. The number of para-hydroxylation sites is 1. The molecule has 0 aliphatic rings. The average molecular weight is 304 g/mol. The van der Waals surface area contributed by atoms with Crippen molar-refractivity contribution in [3.63, 3.8) is 0 Å². The summed E-state index contributed by atoms with van der Waals surface area (Å²) in [5.74, 6) is -0.880. The Kier molecular flexibility index (Phi) is 4.70. The molecule has 0 spiro atoms. The number of carbonyl (C=O) groups is 2. The fraction of sp³-hybridized carbons (Fsp3) is 0.267. The summed E-state index contributed by atoms with van der Waals surface area (Å²) in [6.45, 7) is 5.14. The molecule has 0 radical (unpaired) electrons. The number of hydrogen-bond donors (Lipinski definition) is 1. The highest BCUT2D eigenvalue weighted by atomic mass is 32.1. The van der Waals surface area contributed by atoms with Gasteiger partial charge in [-0.1, -0.05) is 18.2 Å². The molecule has 2 rings (SSSR count). The minimum Gasteiger partial charge on any atom is -0.451 e. The lowest BCUT2D eigenvalue weighted by molar-refractivity contribution is -0.119. The van der Waals surface area contributed by atoms with Crippen molar-refractivity contribution < 1.29 is 14.3 Å². The van der Waals surface area contributed by atoms with Gasteiger partial charge in [0.1, 0.15) is 4.88 Å². The minimum atomic E-state index is -0.516. The Balaban J connectivity index is 1.91. The molecule has 2 aromatic rings. The Morgan fingerprint density at radius 3 is 2.57 bits per heavy atom. The third-order valence-corrected chi connectivity index (χ3v) is 3.90. The summed E-state index contributed by atoms with van der Waals surface area (Å²) in [5, 5.41) is 3.50. The topological polar surface area (TPSA) is 68.3 Å². The van der Waals surface area contributed by atoms with Gasteiger partial charge in [-0.25, -0.2) is 9.78 Å². The zero-order chi connectivity index (χ0) is 15.4. The van der Waals surface area contributed by atoms with Crippen molar-refractivity contribution in [3.05, 3.63) is 45.4 Å².